The Hall–Kier alpha value is -2.69. The molecule has 5 nitrogen and oxygen atoms in total. The summed E-state index contributed by atoms with van der Waals surface area (Å²) in [5.41, 5.74) is 1.70. The van der Waals surface area contributed by atoms with Crippen LogP contribution in [-0.2, 0) is 0 Å². The summed E-state index contributed by atoms with van der Waals surface area (Å²) in [4.78, 5) is 8.97. The van der Waals surface area contributed by atoms with Gasteiger partial charge in [0.1, 0.15) is 24.0 Å². The standard InChI is InChI=1S/C19H23N3O2/c1-19(2,3)18-20-12-21(14-6-4-8-16(23)10-14)13-22(18)15-7-5-9-17(24)11-15/h4-11,23-24H,12-13H2,1-3H3. The highest BCUT2D eigenvalue weighted by molar-refractivity contribution is 6.02. The second-order valence-electron chi connectivity index (χ2n) is 7.02. The fraction of sp³-hybridized carbons (Fsp3) is 0.316. The van der Waals surface area contributed by atoms with E-state index in [2.05, 4.69) is 30.6 Å². The molecule has 2 aromatic carbocycles. The van der Waals surface area contributed by atoms with Gasteiger partial charge >= 0.3 is 0 Å². The topological polar surface area (TPSA) is 59.3 Å². The van der Waals surface area contributed by atoms with Crippen molar-refractivity contribution >= 4 is 17.2 Å². The van der Waals surface area contributed by atoms with Crippen LogP contribution in [0, 0.1) is 5.41 Å². The lowest BCUT2D eigenvalue weighted by Crippen LogP contribution is -2.51. The predicted molar refractivity (Wildman–Crippen MR) is 97.8 cm³/mol. The smallest absolute Gasteiger partial charge is 0.117 e. The van der Waals surface area contributed by atoms with Gasteiger partial charge < -0.3 is 20.0 Å². The Morgan fingerprint density at radius 2 is 1.50 bits per heavy atom. The molecular formula is C19H23N3O2. The van der Waals surface area contributed by atoms with Crippen molar-refractivity contribution in [1.29, 1.82) is 0 Å². The zero-order valence-electron chi connectivity index (χ0n) is 14.3. The summed E-state index contributed by atoms with van der Waals surface area (Å²) in [5.74, 6) is 1.45. The minimum Gasteiger partial charge on any atom is -0.508 e. The predicted octanol–water partition coefficient (Wildman–Crippen LogP) is 3.78. The van der Waals surface area contributed by atoms with Gasteiger partial charge in [-0.2, -0.15) is 0 Å². The zero-order valence-corrected chi connectivity index (χ0v) is 14.3. The summed E-state index contributed by atoms with van der Waals surface area (Å²) >= 11 is 0. The van der Waals surface area contributed by atoms with Crippen LogP contribution in [0.2, 0.25) is 0 Å². The summed E-state index contributed by atoms with van der Waals surface area (Å²) in [6.45, 7) is 7.53. The Kier molecular flexibility index (Phi) is 4.09. The van der Waals surface area contributed by atoms with Gasteiger partial charge in [0, 0.05) is 28.9 Å². The van der Waals surface area contributed by atoms with Crippen molar-refractivity contribution in [3.8, 4) is 11.5 Å². The summed E-state index contributed by atoms with van der Waals surface area (Å²) < 4.78 is 0. The van der Waals surface area contributed by atoms with Gasteiger partial charge in [-0.05, 0) is 24.3 Å². The van der Waals surface area contributed by atoms with Gasteiger partial charge in [-0.1, -0.05) is 32.9 Å². The van der Waals surface area contributed by atoms with Gasteiger partial charge in [0.25, 0.3) is 0 Å². The molecule has 2 N–H and O–H groups in total. The van der Waals surface area contributed by atoms with Crippen LogP contribution in [0.5, 0.6) is 11.5 Å². The minimum atomic E-state index is -0.115. The normalized spacial score (nSPS) is 15.4. The summed E-state index contributed by atoms with van der Waals surface area (Å²) in [6.07, 6.45) is 0. The lowest BCUT2D eigenvalue weighted by molar-refractivity contribution is 0.475. The Morgan fingerprint density at radius 1 is 0.917 bits per heavy atom. The van der Waals surface area contributed by atoms with E-state index in [9.17, 15) is 10.2 Å². The summed E-state index contributed by atoms with van der Waals surface area (Å²) in [6, 6.07) is 14.4. The van der Waals surface area contributed by atoms with Crippen LogP contribution in [-0.4, -0.2) is 29.4 Å². The molecule has 24 heavy (non-hydrogen) atoms. The highest BCUT2D eigenvalue weighted by Gasteiger charge is 2.30. The first-order chi connectivity index (χ1) is 11.3. The first kappa shape index (κ1) is 16.2. The molecule has 0 bridgehead atoms. The molecule has 0 saturated heterocycles. The summed E-state index contributed by atoms with van der Waals surface area (Å²) in [7, 11) is 0. The summed E-state index contributed by atoms with van der Waals surface area (Å²) in [5, 5.41) is 19.6. The SMILES string of the molecule is CC(C)(C)C1=NCN(c2cccc(O)c2)CN1c1cccc(O)c1. The third-order valence-electron chi connectivity index (χ3n) is 3.97. The van der Waals surface area contributed by atoms with Crippen LogP contribution in [0.3, 0.4) is 0 Å². The second-order valence-corrected chi connectivity index (χ2v) is 7.02. The van der Waals surface area contributed by atoms with E-state index in [1.165, 1.54) is 0 Å². The third kappa shape index (κ3) is 3.30. The molecule has 0 saturated carbocycles. The van der Waals surface area contributed by atoms with E-state index in [0.717, 1.165) is 17.2 Å². The van der Waals surface area contributed by atoms with Crippen molar-refractivity contribution in [1.82, 2.24) is 0 Å². The number of anilines is 2. The number of rotatable bonds is 2. The molecule has 0 fully saturated rings. The fourth-order valence-electron chi connectivity index (χ4n) is 2.88. The van der Waals surface area contributed by atoms with Crippen LogP contribution >= 0.6 is 0 Å². The molecule has 126 valence electrons. The Labute approximate surface area is 142 Å². The molecule has 2 aromatic rings. The van der Waals surface area contributed by atoms with Crippen LogP contribution in [0.1, 0.15) is 20.8 Å². The van der Waals surface area contributed by atoms with Crippen molar-refractivity contribution in [3.05, 3.63) is 48.5 Å². The lowest BCUT2D eigenvalue weighted by atomic mass is 9.93. The molecule has 1 heterocycles. The quantitative estimate of drug-likeness (QED) is 0.882. The molecule has 0 spiro atoms. The average Bonchev–Trinajstić information content (AvgIpc) is 2.53. The van der Waals surface area contributed by atoms with Crippen molar-refractivity contribution in [2.24, 2.45) is 10.4 Å². The fourth-order valence-corrected chi connectivity index (χ4v) is 2.88. The molecule has 0 aliphatic carbocycles. The number of phenols is 2. The first-order valence-electron chi connectivity index (χ1n) is 8.00. The van der Waals surface area contributed by atoms with E-state index >= 15 is 0 Å². The van der Waals surface area contributed by atoms with Crippen molar-refractivity contribution in [3.63, 3.8) is 0 Å². The van der Waals surface area contributed by atoms with E-state index in [1.807, 2.05) is 24.3 Å². The highest BCUT2D eigenvalue weighted by Crippen LogP contribution is 2.31. The number of hydrogen-bond donors (Lipinski definition) is 2. The third-order valence-corrected chi connectivity index (χ3v) is 3.97. The number of benzene rings is 2. The molecule has 0 atom stereocenters. The Morgan fingerprint density at radius 3 is 2.08 bits per heavy atom. The number of amidine groups is 1. The van der Waals surface area contributed by atoms with E-state index in [1.54, 1.807) is 24.3 Å². The van der Waals surface area contributed by atoms with Gasteiger partial charge in [0.2, 0.25) is 0 Å². The molecular weight excluding hydrogens is 302 g/mol. The maximum Gasteiger partial charge on any atom is 0.117 e. The number of phenolic OH excluding ortho intramolecular Hbond substituents is 2. The monoisotopic (exact) mass is 325 g/mol. The van der Waals surface area contributed by atoms with Crippen molar-refractivity contribution in [2.45, 2.75) is 20.8 Å². The molecule has 1 aliphatic heterocycles. The Balaban J connectivity index is 1.99. The second kappa shape index (κ2) is 6.07. The van der Waals surface area contributed by atoms with Crippen LogP contribution < -0.4 is 9.80 Å². The van der Waals surface area contributed by atoms with Crippen LogP contribution in [0.4, 0.5) is 11.4 Å². The molecule has 0 radical (unpaired) electrons. The van der Waals surface area contributed by atoms with E-state index < -0.39 is 0 Å². The number of aromatic hydroxyl groups is 2. The van der Waals surface area contributed by atoms with E-state index in [0.29, 0.717) is 13.3 Å². The highest BCUT2D eigenvalue weighted by atomic mass is 16.3. The largest absolute Gasteiger partial charge is 0.508 e. The first-order valence-corrected chi connectivity index (χ1v) is 8.00. The van der Waals surface area contributed by atoms with Crippen molar-refractivity contribution in [2.75, 3.05) is 23.1 Å². The van der Waals surface area contributed by atoms with Crippen LogP contribution in [0.15, 0.2) is 53.5 Å². The molecule has 0 aromatic heterocycles. The lowest BCUT2D eigenvalue weighted by Gasteiger charge is -2.41. The van der Waals surface area contributed by atoms with E-state index in [-0.39, 0.29) is 16.9 Å². The maximum atomic E-state index is 9.84. The van der Waals surface area contributed by atoms with E-state index in [4.69, 9.17) is 4.99 Å². The van der Waals surface area contributed by atoms with Gasteiger partial charge in [-0.25, -0.2) is 0 Å². The van der Waals surface area contributed by atoms with Gasteiger partial charge in [-0.15, -0.1) is 0 Å². The van der Waals surface area contributed by atoms with Gasteiger partial charge in [-0.3, -0.25) is 4.99 Å². The maximum absolute atomic E-state index is 9.84. The van der Waals surface area contributed by atoms with Gasteiger partial charge in [0.15, 0.2) is 0 Å². The van der Waals surface area contributed by atoms with Crippen LogP contribution in [0.25, 0.3) is 0 Å². The number of hydrogen-bond acceptors (Lipinski definition) is 5. The number of nitrogens with zero attached hydrogens (tertiary/aromatic N) is 3. The molecule has 3 rings (SSSR count). The molecule has 0 amide bonds. The molecule has 1 aliphatic rings. The minimum absolute atomic E-state index is 0.115. The molecule has 5 heteroatoms. The molecule has 0 unspecified atom stereocenters. The zero-order chi connectivity index (χ0) is 17.3. The van der Waals surface area contributed by atoms with Crippen molar-refractivity contribution < 1.29 is 10.2 Å². The average molecular weight is 325 g/mol. The van der Waals surface area contributed by atoms with Gasteiger partial charge in [0.05, 0.1) is 6.67 Å². The number of aliphatic imine (C=N–C) groups is 1. The Bertz CT molecular complexity index is 765.